The van der Waals surface area contributed by atoms with Gasteiger partial charge in [-0.25, -0.2) is 0 Å². The van der Waals surface area contributed by atoms with Crippen molar-refractivity contribution in [3.8, 4) is 0 Å². The van der Waals surface area contributed by atoms with Crippen molar-refractivity contribution in [1.29, 1.82) is 0 Å². The number of amides is 1. The number of carbonyl (C=O) groups is 1. The predicted molar refractivity (Wildman–Crippen MR) is 114 cm³/mol. The van der Waals surface area contributed by atoms with Gasteiger partial charge in [0.15, 0.2) is 0 Å². The number of nitrogens with one attached hydrogen (secondary N) is 1. The van der Waals surface area contributed by atoms with Crippen molar-refractivity contribution in [2.75, 3.05) is 64.8 Å². The number of fused-ring (bicyclic) bond motifs is 1. The van der Waals surface area contributed by atoms with Crippen LogP contribution in [-0.2, 0) is 4.79 Å². The molecule has 1 N–H and O–H groups in total. The Hall–Kier alpha value is -1.86. The van der Waals surface area contributed by atoms with Crippen LogP contribution in [0.15, 0.2) is 42.1 Å². The van der Waals surface area contributed by atoms with Crippen LogP contribution in [0.1, 0.15) is 6.42 Å². The number of hydrogen-bond donors (Lipinski definition) is 1. The van der Waals surface area contributed by atoms with Crippen molar-refractivity contribution >= 4 is 28.4 Å². The molecule has 1 amide bonds. The Labute approximate surface area is 171 Å². The van der Waals surface area contributed by atoms with E-state index < -0.39 is 0 Å². The zero-order chi connectivity index (χ0) is 19.5. The second-order valence-electron chi connectivity index (χ2n) is 7.77. The van der Waals surface area contributed by atoms with Gasteiger partial charge in [-0.05, 0) is 37.7 Å². The minimum Gasteiger partial charge on any atom is -0.304 e. The molecule has 150 valence electrons. The maximum Gasteiger partial charge on any atom is 0.267 e. The van der Waals surface area contributed by atoms with Gasteiger partial charge in [0.2, 0.25) is 0 Å². The third-order valence-electron chi connectivity index (χ3n) is 5.72. The van der Waals surface area contributed by atoms with Crippen molar-refractivity contribution < 1.29 is 4.79 Å². The lowest BCUT2D eigenvalue weighted by atomic mass is 10.1. The summed E-state index contributed by atoms with van der Waals surface area (Å²) in [4.78, 5) is 20.1. The van der Waals surface area contributed by atoms with E-state index in [2.05, 4.69) is 33.2 Å². The van der Waals surface area contributed by atoms with Gasteiger partial charge in [0, 0.05) is 74.5 Å². The summed E-state index contributed by atoms with van der Waals surface area (Å²) in [6.07, 6.45) is 4.87. The summed E-state index contributed by atoms with van der Waals surface area (Å²) in [6.45, 7) is 8.38. The lowest BCUT2D eigenvalue weighted by Crippen LogP contribution is -2.47. The SMILES string of the molecule is CN1CCN(CCN2CCC=C(C(=O)Nn3ccc4cc(Cl)ccc43)C2)CC1. The number of halogens is 1. The first-order valence-corrected chi connectivity index (χ1v) is 10.4. The summed E-state index contributed by atoms with van der Waals surface area (Å²) in [5.74, 6) is -0.0308. The molecular weight excluding hydrogens is 374 g/mol. The number of piperazine rings is 1. The summed E-state index contributed by atoms with van der Waals surface area (Å²) >= 11 is 6.05. The van der Waals surface area contributed by atoms with Crippen molar-refractivity contribution in [2.45, 2.75) is 6.42 Å². The molecule has 7 heteroatoms. The van der Waals surface area contributed by atoms with Crippen molar-refractivity contribution in [3.05, 3.63) is 47.1 Å². The molecule has 0 aliphatic carbocycles. The Balaban J connectivity index is 1.32. The van der Waals surface area contributed by atoms with Crippen LogP contribution >= 0.6 is 11.6 Å². The summed E-state index contributed by atoms with van der Waals surface area (Å²) in [5, 5.41) is 1.71. The quantitative estimate of drug-likeness (QED) is 0.834. The van der Waals surface area contributed by atoms with Crippen LogP contribution in [0.25, 0.3) is 10.9 Å². The van der Waals surface area contributed by atoms with Crippen LogP contribution in [0.5, 0.6) is 0 Å². The highest BCUT2D eigenvalue weighted by atomic mass is 35.5. The first-order chi connectivity index (χ1) is 13.6. The van der Waals surface area contributed by atoms with Gasteiger partial charge in [-0.1, -0.05) is 17.7 Å². The van der Waals surface area contributed by atoms with E-state index in [4.69, 9.17) is 11.6 Å². The molecule has 0 saturated carbocycles. The molecule has 6 nitrogen and oxygen atoms in total. The second-order valence-corrected chi connectivity index (χ2v) is 8.21. The highest BCUT2D eigenvalue weighted by Gasteiger charge is 2.20. The Morgan fingerprint density at radius 3 is 2.68 bits per heavy atom. The molecule has 2 aliphatic rings. The number of rotatable bonds is 5. The Morgan fingerprint density at radius 2 is 1.86 bits per heavy atom. The molecule has 1 aromatic carbocycles. The second kappa shape index (κ2) is 8.66. The lowest BCUT2D eigenvalue weighted by Gasteiger charge is -2.34. The van der Waals surface area contributed by atoms with Gasteiger partial charge in [-0.3, -0.25) is 24.7 Å². The standard InChI is InChI=1S/C21H28ClN5O/c1-24-9-11-25(12-10-24)13-14-26-7-2-3-18(16-26)21(28)23-27-8-6-17-15-19(22)4-5-20(17)27/h3-6,8,15H,2,7,9-14,16H2,1H3,(H,23,28). The van der Waals surface area contributed by atoms with E-state index in [1.807, 2.05) is 30.5 Å². The third-order valence-corrected chi connectivity index (χ3v) is 5.96. The van der Waals surface area contributed by atoms with Gasteiger partial charge in [-0.2, -0.15) is 0 Å². The predicted octanol–water partition coefficient (Wildman–Crippen LogP) is 2.24. The van der Waals surface area contributed by atoms with Crippen molar-refractivity contribution in [1.82, 2.24) is 19.4 Å². The monoisotopic (exact) mass is 401 g/mol. The average molecular weight is 402 g/mol. The lowest BCUT2D eigenvalue weighted by molar-refractivity contribution is -0.114. The maximum absolute atomic E-state index is 12.8. The average Bonchev–Trinajstić information content (AvgIpc) is 3.09. The zero-order valence-corrected chi connectivity index (χ0v) is 17.2. The summed E-state index contributed by atoms with van der Waals surface area (Å²) in [7, 11) is 2.18. The van der Waals surface area contributed by atoms with E-state index >= 15 is 0 Å². The van der Waals surface area contributed by atoms with Gasteiger partial charge in [0.05, 0.1) is 5.52 Å². The fourth-order valence-corrected chi connectivity index (χ4v) is 4.09. The largest absolute Gasteiger partial charge is 0.304 e. The Kier molecular flexibility index (Phi) is 6.01. The van der Waals surface area contributed by atoms with E-state index in [0.717, 1.165) is 68.7 Å². The number of likely N-dealkylation sites (N-methyl/N-ethyl adjacent to an activating group) is 1. The molecule has 0 spiro atoms. The van der Waals surface area contributed by atoms with Crippen LogP contribution in [0.3, 0.4) is 0 Å². The first-order valence-electron chi connectivity index (χ1n) is 9.99. The smallest absolute Gasteiger partial charge is 0.267 e. The van der Waals surface area contributed by atoms with Gasteiger partial charge >= 0.3 is 0 Å². The number of nitrogens with zero attached hydrogens (tertiary/aromatic N) is 4. The molecule has 0 atom stereocenters. The normalized spacial score (nSPS) is 19.7. The van der Waals surface area contributed by atoms with Crippen LogP contribution in [0.4, 0.5) is 0 Å². The molecule has 1 saturated heterocycles. The first kappa shape index (κ1) is 19.5. The Morgan fingerprint density at radius 1 is 1.07 bits per heavy atom. The molecule has 0 unspecified atom stereocenters. The molecule has 28 heavy (non-hydrogen) atoms. The number of aromatic nitrogens is 1. The van der Waals surface area contributed by atoms with Gasteiger partial charge in [0.25, 0.3) is 5.91 Å². The molecule has 2 aromatic rings. The molecular formula is C21H28ClN5O. The number of hydrogen-bond acceptors (Lipinski definition) is 4. The molecule has 2 aliphatic heterocycles. The van der Waals surface area contributed by atoms with E-state index in [9.17, 15) is 4.79 Å². The van der Waals surface area contributed by atoms with Crippen molar-refractivity contribution in [3.63, 3.8) is 0 Å². The number of benzene rings is 1. The highest BCUT2D eigenvalue weighted by Crippen LogP contribution is 2.20. The van der Waals surface area contributed by atoms with Gasteiger partial charge in [-0.15, -0.1) is 0 Å². The molecule has 0 bridgehead atoms. The molecule has 4 rings (SSSR count). The van der Waals surface area contributed by atoms with Crippen LogP contribution in [0, 0.1) is 0 Å². The van der Waals surface area contributed by atoms with Gasteiger partial charge in [0.1, 0.15) is 0 Å². The molecule has 1 fully saturated rings. The third kappa shape index (κ3) is 4.58. The molecule has 0 radical (unpaired) electrons. The van der Waals surface area contributed by atoms with E-state index in [1.54, 1.807) is 4.68 Å². The fourth-order valence-electron chi connectivity index (χ4n) is 3.91. The maximum atomic E-state index is 12.8. The van der Waals surface area contributed by atoms with E-state index in [-0.39, 0.29) is 5.91 Å². The fraction of sp³-hybridized carbons (Fsp3) is 0.476. The minimum absolute atomic E-state index is 0.0308. The number of carbonyl (C=O) groups excluding carboxylic acids is 1. The molecule has 1 aromatic heterocycles. The van der Waals surface area contributed by atoms with Gasteiger partial charge < -0.3 is 4.90 Å². The minimum atomic E-state index is -0.0308. The van der Waals surface area contributed by atoms with Crippen molar-refractivity contribution in [2.24, 2.45) is 0 Å². The topological polar surface area (TPSA) is 43.8 Å². The summed E-state index contributed by atoms with van der Waals surface area (Å²) in [5.41, 5.74) is 4.80. The Bertz CT molecular complexity index is 869. The van der Waals surface area contributed by atoms with Crippen LogP contribution in [-0.4, -0.2) is 84.7 Å². The van der Waals surface area contributed by atoms with Crippen LogP contribution in [0.2, 0.25) is 5.02 Å². The summed E-state index contributed by atoms with van der Waals surface area (Å²) in [6, 6.07) is 7.63. The molecule has 3 heterocycles. The van der Waals surface area contributed by atoms with Crippen LogP contribution < -0.4 is 5.43 Å². The highest BCUT2D eigenvalue weighted by molar-refractivity contribution is 6.31. The zero-order valence-electron chi connectivity index (χ0n) is 16.4. The van der Waals surface area contributed by atoms with E-state index in [1.165, 1.54) is 0 Å². The summed E-state index contributed by atoms with van der Waals surface area (Å²) < 4.78 is 1.78. The van der Waals surface area contributed by atoms with E-state index in [0.29, 0.717) is 11.6 Å².